The summed E-state index contributed by atoms with van der Waals surface area (Å²) in [6.07, 6.45) is 0. The van der Waals surface area contributed by atoms with Crippen molar-refractivity contribution >= 4 is 0 Å². The van der Waals surface area contributed by atoms with Gasteiger partial charge in [-0.1, -0.05) is 27.7 Å². The van der Waals surface area contributed by atoms with Crippen molar-refractivity contribution in [2.75, 3.05) is 0 Å². The molecule has 0 spiro atoms. The summed E-state index contributed by atoms with van der Waals surface area (Å²) in [5.74, 6) is 1.25. The zero-order valence-corrected chi connectivity index (χ0v) is 8.76. The fraction of sp³-hybridized carbons (Fsp3) is 0.636. The van der Waals surface area contributed by atoms with E-state index in [1.165, 1.54) is 11.4 Å². The van der Waals surface area contributed by atoms with Crippen molar-refractivity contribution in [3.63, 3.8) is 0 Å². The molecule has 0 saturated heterocycles. The Morgan fingerprint density at radius 1 is 0.917 bits per heavy atom. The average Bonchev–Trinajstić information content (AvgIpc) is 2.30. The van der Waals surface area contributed by atoms with Gasteiger partial charge < -0.3 is 4.57 Å². The Labute approximate surface area is 75.4 Å². The van der Waals surface area contributed by atoms with Gasteiger partial charge in [-0.05, 0) is 24.0 Å². The van der Waals surface area contributed by atoms with Crippen LogP contribution >= 0.6 is 0 Å². The second kappa shape index (κ2) is 3.34. The van der Waals surface area contributed by atoms with Crippen LogP contribution in [-0.4, -0.2) is 4.57 Å². The van der Waals surface area contributed by atoms with Crippen LogP contribution in [0.3, 0.4) is 0 Å². The summed E-state index contributed by atoms with van der Waals surface area (Å²) in [4.78, 5) is 0. The number of hydrogen-bond donors (Lipinski definition) is 0. The third-order valence-electron chi connectivity index (χ3n) is 2.38. The van der Waals surface area contributed by atoms with Gasteiger partial charge in [0.15, 0.2) is 0 Å². The number of rotatable bonds is 2. The molecule has 0 N–H and O–H groups in total. The van der Waals surface area contributed by atoms with Gasteiger partial charge in [0.25, 0.3) is 0 Å². The fourth-order valence-electron chi connectivity index (χ4n) is 1.70. The smallest absolute Gasteiger partial charge is 0.0200 e. The molecule has 0 unspecified atom stereocenters. The van der Waals surface area contributed by atoms with E-state index < -0.39 is 0 Å². The van der Waals surface area contributed by atoms with Crippen LogP contribution in [0.2, 0.25) is 0 Å². The quantitative estimate of drug-likeness (QED) is 0.634. The summed E-state index contributed by atoms with van der Waals surface area (Å²) >= 11 is 0. The maximum Gasteiger partial charge on any atom is 0.0200 e. The Morgan fingerprint density at radius 3 is 1.42 bits per heavy atom. The highest BCUT2D eigenvalue weighted by molar-refractivity contribution is 5.20. The molecule has 12 heavy (non-hydrogen) atoms. The zero-order valence-electron chi connectivity index (χ0n) is 8.76. The standard InChI is InChI=1S/C11H19N/c1-8(2)10-6-7-11(9(3)4)12(10)5/h6-9H,1-5H3. The van der Waals surface area contributed by atoms with Crippen LogP contribution in [-0.2, 0) is 7.05 Å². The second-order valence-electron chi connectivity index (χ2n) is 4.05. The summed E-state index contributed by atoms with van der Waals surface area (Å²) in [6.45, 7) is 8.94. The second-order valence-corrected chi connectivity index (χ2v) is 4.05. The lowest BCUT2D eigenvalue weighted by atomic mass is 10.1. The first-order valence-corrected chi connectivity index (χ1v) is 4.69. The van der Waals surface area contributed by atoms with E-state index in [2.05, 4.69) is 51.4 Å². The molecule has 0 bridgehead atoms. The minimum atomic E-state index is 0.627. The Hall–Kier alpha value is -0.720. The summed E-state index contributed by atoms with van der Waals surface area (Å²) in [6, 6.07) is 4.47. The summed E-state index contributed by atoms with van der Waals surface area (Å²) in [5.41, 5.74) is 2.86. The first kappa shape index (κ1) is 9.37. The molecule has 68 valence electrons. The van der Waals surface area contributed by atoms with E-state index in [-0.39, 0.29) is 0 Å². The molecule has 0 aromatic carbocycles. The zero-order chi connectivity index (χ0) is 9.30. The normalized spacial score (nSPS) is 11.6. The van der Waals surface area contributed by atoms with Gasteiger partial charge in [-0.2, -0.15) is 0 Å². The molecule has 1 nitrogen and oxygen atoms in total. The molecule has 1 heterocycles. The van der Waals surface area contributed by atoms with E-state index in [1.807, 2.05) is 0 Å². The Balaban J connectivity index is 3.04. The highest BCUT2D eigenvalue weighted by atomic mass is 15.0. The van der Waals surface area contributed by atoms with E-state index in [0.29, 0.717) is 11.8 Å². The third kappa shape index (κ3) is 1.55. The van der Waals surface area contributed by atoms with Gasteiger partial charge in [0.05, 0.1) is 0 Å². The molecule has 0 saturated carbocycles. The molecule has 0 aliphatic carbocycles. The number of hydrogen-bond acceptors (Lipinski definition) is 0. The summed E-state index contributed by atoms with van der Waals surface area (Å²) in [7, 11) is 2.16. The molecule has 1 rings (SSSR count). The monoisotopic (exact) mass is 165 g/mol. The Kier molecular flexibility index (Phi) is 2.61. The molecule has 1 aromatic rings. The maximum atomic E-state index is 2.31. The first-order chi connectivity index (χ1) is 5.54. The average molecular weight is 165 g/mol. The minimum absolute atomic E-state index is 0.627. The van der Waals surface area contributed by atoms with Gasteiger partial charge in [0.2, 0.25) is 0 Å². The molecule has 0 amide bonds. The van der Waals surface area contributed by atoms with Gasteiger partial charge in [-0.25, -0.2) is 0 Å². The van der Waals surface area contributed by atoms with Crippen molar-refractivity contribution in [2.24, 2.45) is 7.05 Å². The predicted octanol–water partition coefficient (Wildman–Crippen LogP) is 3.27. The Bertz CT molecular complexity index is 230. The molecule has 0 aliphatic heterocycles. The fourth-order valence-corrected chi connectivity index (χ4v) is 1.70. The maximum absolute atomic E-state index is 2.31. The van der Waals surface area contributed by atoms with E-state index >= 15 is 0 Å². The van der Waals surface area contributed by atoms with Crippen LogP contribution in [0.5, 0.6) is 0 Å². The van der Waals surface area contributed by atoms with Crippen LogP contribution in [0.4, 0.5) is 0 Å². The van der Waals surface area contributed by atoms with Crippen molar-refractivity contribution in [3.8, 4) is 0 Å². The molecule has 0 atom stereocenters. The lowest BCUT2D eigenvalue weighted by Gasteiger charge is -2.12. The van der Waals surface area contributed by atoms with Gasteiger partial charge in [-0.3, -0.25) is 0 Å². The van der Waals surface area contributed by atoms with E-state index in [0.717, 1.165) is 0 Å². The van der Waals surface area contributed by atoms with Crippen molar-refractivity contribution in [1.29, 1.82) is 0 Å². The molecular formula is C11H19N. The highest BCUT2D eigenvalue weighted by Crippen LogP contribution is 2.21. The largest absolute Gasteiger partial charge is 0.351 e. The molecule has 0 radical (unpaired) electrons. The van der Waals surface area contributed by atoms with E-state index in [1.54, 1.807) is 0 Å². The first-order valence-electron chi connectivity index (χ1n) is 4.69. The van der Waals surface area contributed by atoms with Crippen molar-refractivity contribution in [2.45, 2.75) is 39.5 Å². The summed E-state index contributed by atoms with van der Waals surface area (Å²) < 4.78 is 2.31. The van der Waals surface area contributed by atoms with Crippen LogP contribution in [0.1, 0.15) is 50.9 Å². The molecule has 1 heteroatoms. The lowest BCUT2D eigenvalue weighted by molar-refractivity contribution is 0.678. The van der Waals surface area contributed by atoms with Crippen LogP contribution in [0.15, 0.2) is 12.1 Å². The SMILES string of the molecule is CC(C)c1ccc(C(C)C)n1C. The van der Waals surface area contributed by atoms with Gasteiger partial charge in [0, 0.05) is 18.4 Å². The van der Waals surface area contributed by atoms with Crippen LogP contribution in [0.25, 0.3) is 0 Å². The van der Waals surface area contributed by atoms with Gasteiger partial charge in [-0.15, -0.1) is 0 Å². The third-order valence-corrected chi connectivity index (χ3v) is 2.38. The van der Waals surface area contributed by atoms with Gasteiger partial charge in [0.1, 0.15) is 0 Å². The highest BCUT2D eigenvalue weighted by Gasteiger charge is 2.09. The van der Waals surface area contributed by atoms with Crippen LogP contribution in [0, 0.1) is 0 Å². The molecule has 0 aliphatic rings. The Morgan fingerprint density at radius 2 is 1.25 bits per heavy atom. The van der Waals surface area contributed by atoms with Crippen LogP contribution < -0.4 is 0 Å². The molecule has 0 fully saturated rings. The van der Waals surface area contributed by atoms with Crippen molar-refractivity contribution in [1.82, 2.24) is 4.57 Å². The minimum Gasteiger partial charge on any atom is -0.351 e. The topological polar surface area (TPSA) is 4.93 Å². The molecule has 1 aromatic heterocycles. The predicted molar refractivity (Wildman–Crippen MR) is 53.6 cm³/mol. The molecular weight excluding hydrogens is 146 g/mol. The lowest BCUT2D eigenvalue weighted by Crippen LogP contribution is -2.03. The number of aromatic nitrogens is 1. The van der Waals surface area contributed by atoms with E-state index in [4.69, 9.17) is 0 Å². The van der Waals surface area contributed by atoms with Gasteiger partial charge >= 0.3 is 0 Å². The van der Waals surface area contributed by atoms with E-state index in [9.17, 15) is 0 Å². The number of nitrogens with zero attached hydrogens (tertiary/aromatic N) is 1. The summed E-state index contributed by atoms with van der Waals surface area (Å²) in [5, 5.41) is 0. The van der Waals surface area contributed by atoms with Crippen molar-refractivity contribution in [3.05, 3.63) is 23.5 Å². The van der Waals surface area contributed by atoms with Crippen molar-refractivity contribution < 1.29 is 0 Å².